The third-order valence-electron chi connectivity index (χ3n) is 3.53. The largest absolute Gasteiger partial charge is 0.493 e. The first-order valence-electron chi connectivity index (χ1n) is 7.73. The van der Waals surface area contributed by atoms with Crippen LogP contribution in [0.15, 0.2) is 62.6 Å². The second-order valence-corrected chi connectivity index (χ2v) is 8.66. The summed E-state index contributed by atoms with van der Waals surface area (Å²) in [6.07, 6.45) is 0. The number of rotatable bonds is 6. The number of aromatic nitrogens is 2. The SMILES string of the molecule is Clc1c(-c2nnc(SCCOc3ccc(Br)cc3)o2)sc2ccccc12. The van der Waals surface area contributed by atoms with Crippen LogP contribution in [0.3, 0.4) is 0 Å². The highest BCUT2D eigenvalue weighted by Crippen LogP contribution is 2.41. The molecule has 0 fully saturated rings. The number of hydrogen-bond donors (Lipinski definition) is 0. The van der Waals surface area contributed by atoms with Gasteiger partial charge < -0.3 is 9.15 Å². The lowest BCUT2D eigenvalue weighted by molar-refractivity contribution is 0.343. The summed E-state index contributed by atoms with van der Waals surface area (Å²) in [5.41, 5.74) is 0. The highest BCUT2D eigenvalue weighted by Gasteiger charge is 2.17. The molecule has 0 aliphatic heterocycles. The van der Waals surface area contributed by atoms with Crippen molar-refractivity contribution in [2.75, 3.05) is 12.4 Å². The van der Waals surface area contributed by atoms with E-state index in [0.717, 1.165) is 25.2 Å². The van der Waals surface area contributed by atoms with E-state index in [-0.39, 0.29) is 0 Å². The summed E-state index contributed by atoms with van der Waals surface area (Å²) >= 11 is 12.9. The molecule has 4 rings (SSSR count). The molecule has 0 spiro atoms. The minimum absolute atomic E-state index is 0.451. The summed E-state index contributed by atoms with van der Waals surface area (Å²) < 4.78 is 13.6. The monoisotopic (exact) mass is 466 g/mol. The average molecular weight is 468 g/mol. The number of hydrogen-bond acceptors (Lipinski definition) is 6. The standard InChI is InChI=1S/C18H12BrClN2O2S2/c19-11-5-7-12(8-6-11)23-9-10-25-18-22-21-17(24-18)16-15(20)13-3-1-2-4-14(13)26-16/h1-8H,9-10H2. The molecule has 2 aromatic carbocycles. The number of benzene rings is 2. The van der Waals surface area contributed by atoms with Gasteiger partial charge >= 0.3 is 0 Å². The third-order valence-corrected chi connectivity index (χ3v) is 6.50. The second-order valence-electron chi connectivity index (χ2n) is 5.27. The zero-order chi connectivity index (χ0) is 17.9. The normalized spacial score (nSPS) is 11.2. The Labute approximate surface area is 171 Å². The number of thiophene rings is 1. The number of thioether (sulfide) groups is 1. The summed E-state index contributed by atoms with van der Waals surface area (Å²) in [5, 5.41) is 10.4. The van der Waals surface area contributed by atoms with Gasteiger partial charge in [-0.2, -0.15) is 0 Å². The summed E-state index contributed by atoms with van der Waals surface area (Å²) in [4.78, 5) is 0.804. The van der Waals surface area contributed by atoms with E-state index in [9.17, 15) is 0 Å². The highest BCUT2D eigenvalue weighted by atomic mass is 79.9. The fraction of sp³-hybridized carbons (Fsp3) is 0.111. The summed E-state index contributed by atoms with van der Waals surface area (Å²) in [6, 6.07) is 15.7. The number of fused-ring (bicyclic) bond motifs is 1. The van der Waals surface area contributed by atoms with Crippen molar-refractivity contribution in [2.45, 2.75) is 5.22 Å². The van der Waals surface area contributed by atoms with Gasteiger partial charge in [-0.25, -0.2) is 0 Å². The maximum Gasteiger partial charge on any atom is 0.277 e. The van der Waals surface area contributed by atoms with Gasteiger partial charge in [-0.15, -0.1) is 21.5 Å². The van der Waals surface area contributed by atoms with Crippen LogP contribution < -0.4 is 4.74 Å². The molecule has 2 aromatic heterocycles. The molecular formula is C18H12BrClN2O2S2. The molecule has 132 valence electrons. The second kappa shape index (κ2) is 8.00. The fourth-order valence-corrected chi connectivity index (χ4v) is 4.61. The average Bonchev–Trinajstić information content (AvgIpc) is 3.25. The molecule has 4 aromatic rings. The van der Waals surface area contributed by atoms with Gasteiger partial charge in [0.1, 0.15) is 10.6 Å². The Hall–Kier alpha value is -1.54. The van der Waals surface area contributed by atoms with Gasteiger partial charge in [0.25, 0.3) is 11.1 Å². The Morgan fingerprint density at radius 2 is 1.92 bits per heavy atom. The van der Waals surface area contributed by atoms with Gasteiger partial charge in [-0.3, -0.25) is 0 Å². The van der Waals surface area contributed by atoms with Gasteiger partial charge in [0.15, 0.2) is 0 Å². The molecule has 0 bridgehead atoms. The Bertz CT molecular complexity index is 1030. The predicted molar refractivity (Wildman–Crippen MR) is 110 cm³/mol. The van der Waals surface area contributed by atoms with Crippen molar-refractivity contribution in [1.29, 1.82) is 0 Å². The van der Waals surface area contributed by atoms with Crippen LogP contribution in [0.5, 0.6) is 5.75 Å². The third kappa shape index (κ3) is 3.91. The van der Waals surface area contributed by atoms with Crippen LogP contribution in [-0.2, 0) is 0 Å². The Morgan fingerprint density at radius 1 is 1.12 bits per heavy atom. The lowest BCUT2D eigenvalue weighted by atomic mass is 10.2. The first kappa shape index (κ1) is 17.9. The molecule has 8 heteroatoms. The minimum Gasteiger partial charge on any atom is -0.493 e. The zero-order valence-corrected chi connectivity index (χ0v) is 17.3. The van der Waals surface area contributed by atoms with Crippen LogP contribution in [0.2, 0.25) is 5.02 Å². The van der Waals surface area contributed by atoms with Crippen molar-refractivity contribution in [2.24, 2.45) is 0 Å². The molecule has 0 saturated heterocycles. The molecule has 0 unspecified atom stereocenters. The Kier molecular flexibility index (Phi) is 5.49. The summed E-state index contributed by atoms with van der Waals surface area (Å²) in [7, 11) is 0. The molecule has 0 amide bonds. The molecule has 0 saturated carbocycles. The van der Waals surface area contributed by atoms with Gasteiger partial charge in [0.2, 0.25) is 0 Å². The van der Waals surface area contributed by atoms with E-state index >= 15 is 0 Å². The van der Waals surface area contributed by atoms with Crippen LogP contribution in [0.1, 0.15) is 0 Å². The fourth-order valence-electron chi connectivity index (χ4n) is 2.33. The van der Waals surface area contributed by atoms with Crippen LogP contribution in [0, 0.1) is 0 Å². The number of halogens is 2. The molecule has 0 N–H and O–H groups in total. The van der Waals surface area contributed by atoms with Crippen LogP contribution >= 0.6 is 50.6 Å². The van der Waals surface area contributed by atoms with E-state index in [1.807, 2.05) is 48.5 Å². The summed E-state index contributed by atoms with van der Waals surface area (Å²) in [6.45, 7) is 0.549. The maximum absolute atomic E-state index is 6.46. The Morgan fingerprint density at radius 3 is 2.73 bits per heavy atom. The zero-order valence-electron chi connectivity index (χ0n) is 13.3. The highest BCUT2D eigenvalue weighted by molar-refractivity contribution is 9.10. The first-order chi connectivity index (χ1) is 12.7. The predicted octanol–water partition coefficient (Wildman–Crippen LogP) is 6.54. The molecule has 26 heavy (non-hydrogen) atoms. The molecular weight excluding hydrogens is 456 g/mol. The van der Waals surface area contributed by atoms with Gasteiger partial charge in [0.05, 0.1) is 11.6 Å². The van der Waals surface area contributed by atoms with Crippen molar-refractivity contribution >= 4 is 60.7 Å². The van der Waals surface area contributed by atoms with E-state index < -0.39 is 0 Å². The van der Waals surface area contributed by atoms with Crippen LogP contribution in [-0.4, -0.2) is 22.6 Å². The topological polar surface area (TPSA) is 48.2 Å². The van der Waals surface area contributed by atoms with Gasteiger partial charge in [-0.05, 0) is 30.3 Å². The lowest BCUT2D eigenvalue weighted by Gasteiger charge is -2.04. The van der Waals surface area contributed by atoms with Gasteiger partial charge in [-0.1, -0.05) is 57.5 Å². The van der Waals surface area contributed by atoms with Crippen molar-refractivity contribution < 1.29 is 9.15 Å². The van der Waals surface area contributed by atoms with E-state index in [1.165, 1.54) is 11.8 Å². The van der Waals surface area contributed by atoms with Crippen LogP contribution in [0.25, 0.3) is 20.9 Å². The van der Waals surface area contributed by atoms with Crippen molar-refractivity contribution in [3.8, 4) is 16.5 Å². The molecule has 4 nitrogen and oxygen atoms in total. The summed E-state index contributed by atoms with van der Waals surface area (Å²) in [5.74, 6) is 1.99. The van der Waals surface area contributed by atoms with E-state index in [2.05, 4.69) is 26.1 Å². The minimum atomic E-state index is 0.451. The van der Waals surface area contributed by atoms with E-state index in [1.54, 1.807) is 11.3 Å². The quantitative estimate of drug-likeness (QED) is 0.238. The first-order valence-corrected chi connectivity index (χ1v) is 10.7. The molecule has 0 aliphatic rings. The van der Waals surface area contributed by atoms with Gasteiger partial charge in [0, 0.05) is 20.3 Å². The molecule has 2 heterocycles. The van der Waals surface area contributed by atoms with Crippen LogP contribution in [0.4, 0.5) is 0 Å². The lowest BCUT2D eigenvalue weighted by Crippen LogP contribution is -1.99. The van der Waals surface area contributed by atoms with E-state index in [0.29, 0.717) is 28.5 Å². The van der Waals surface area contributed by atoms with E-state index in [4.69, 9.17) is 20.8 Å². The number of nitrogens with zero attached hydrogens (tertiary/aromatic N) is 2. The van der Waals surface area contributed by atoms with Crippen molar-refractivity contribution in [1.82, 2.24) is 10.2 Å². The smallest absolute Gasteiger partial charge is 0.277 e. The maximum atomic E-state index is 6.46. The van der Waals surface area contributed by atoms with Crippen molar-refractivity contribution in [3.63, 3.8) is 0 Å². The van der Waals surface area contributed by atoms with Crippen molar-refractivity contribution in [3.05, 3.63) is 58.0 Å². The Balaban J connectivity index is 1.38. The molecule has 0 radical (unpaired) electrons. The molecule has 0 aliphatic carbocycles. The molecule has 0 atom stereocenters. The number of ether oxygens (including phenoxy) is 1.